The van der Waals surface area contributed by atoms with E-state index in [1.54, 1.807) is 11.3 Å². The van der Waals surface area contributed by atoms with Crippen molar-refractivity contribution >= 4 is 47.4 Å². The molecule has 1 aliphatic heterocycles. The number of guanidine groups is 1. The van der Waals surface area contributed by atoms with E-state index in [1.807, 2.05) is 31.9 Å². The number of rotatable bonds is 6. The molecule has 1 aliphatic rings. The zero-order chi connectivity index (χ0) is 20.6. The first kappa shape index (κ1) is 25.9. The maximum atomic E-state index is 12.5. The SMILES string of the molecule is CCNC(=NCC1CCCCN1C(=O)OC(C)(C)C)NCCc1ncc(C)s1.I. The predicted octanol–water partition coefficient (Wildman–Crippen LogP) is 3.96. The van der Waals surface area contributed by atoms with Gasteiger partial charge < -0.3 is 20.3 Å². The summed E-state index contributed by atoms with van der Waals surface area (Å²) in [5, 5.41) is 7.78. The van der Waals surface area contributed by atoms with Gasteiger partial charge in [-0.05, 0) is 53.9 Å². The molecule has 166 valence electrons. The molecule has 1 saturated heterocycles. The number of nitrogens with one attached hydrogen (secondary N) is 2. The second kappa shape index (κ2) is 12.6. The molecule has 1 fully saturated rings. The summed E-state index contributed by atoms with van der Waals surface area (Å²) < 4.78 is 5.58. The van der Waals surface area contributed by atoms with Crippen LogP contribution in [0, 0.1) is 6.92 Å². The summed E-state index contributed by atoms with van der Waals surface area (Å²) >= 11 is 1.73. The summed E-state index contributed by atoms with van der Waals surface area (Å²) in [7, 11) is 0. The largest absolute Gasteiger partial charge is 0.444 e. The Labute approximate surface area is 196 Å². The zero-order valence-electron chi connectivity index (χ0n) is 18.3. The monoisotopic (exact) mass is 537 g/mol. The molecule has 0 bridgehead atoms. The van der Waals surface area contributed by atoms with Crippen molar-refractivity contribution in [3.05, 3.63) is 16.1 Å². The van der Waals surface area contributed by atoms with Gasteiger partial charge in [0.2, 0.25) is 0 Å². The van der Waals surface area contributed by atoms with E-state index in [2.05, 4.69) is 29.5 Å². The molecule has 0 saturated carbocycles. The molecular weight excluding hydrogens is 501 g/mol. The van der Waals surface area contributed by atoms with E-state index in [4.69, 9.17) is 9.73 Å². The number of hydrogen-bond acceptors (Lipinski definition) is 5. The third kappa shape index (κ3) is 9.50. The highest BCUT2D eigenvalue weighted by Gasteiger charge is 2.30. The molecular formula is C20H36IN5O2S. The molecule has 2 heterocycles. The highest BCUT2D eigenvalue weighted by molar-refractivity contribution is 14.0. The van der Waals surface area contributed by atoms with Gasteiger partial charge in [-0.1, -0.05) is 0 Å². The van der Waals surface area contributed by atoms with E-state index >= 15 is 0 Å². The molecule has 1 unspecified atom stereocenters. The first-order chi connectivity index (χ1) is 13.3. The normalized spacial score (nSPS) is 17.5. The number of hydrogen-bond donors (Lipinski definition) is 2. The minimum Gasteiger partial charge on any atom is -0.444 e. The lowest BCUT2D eigenvalue weighted by molar-refractivity contribution is 0.0110. The maximum Gasteiger partial charge on any atom is 0.410 e. The second-order valence-electron chi connectivity index (χ2n) is 8.08. The van der Waals surface area contributed by atoms with Gasteiger partial charge in [0, 0.05) is 37.1 Å². The summed E-state index contributed by atoms with van der Waals surface area (Å²) in [4.78, 5) is 24.7. The Balaban J connectivity index is 0.00000420. The standard InChI is InChI=1S/C20H35N5O2S.HI/c1-6-21-18(22-11-10-17-23-13-15(2)28-17)24-14-16-9-7-8-12-25(16)19(26)27-20(3,4)5;/h13,16H,6-12,14H2,1-5H3,(H2,21,22,24);1H. The van der Waals surface area contributed by atoms with Gasteiger partial charge in [-0.25, -0.2) is 9.78 Å². The number of thiazole rings is 1. The molecule has 1 aromatic heterocycles. The van der Waals surface area contributed by atoms with Crippen LogP contribution in [0.1, 0.15) is 56.8 Å². The number of aromatic nitrogens is 1. The van der Waals surface area contributed by atoms with Crippen LogP contribution in [0.3, 0.4) is 0 Å². The van der Waals surface area contributed by atoms with E-state index in [-0.39, 0.29) is 36.1 Å². The third-order valence-electron chi connectivity index (χ3n) is 4.36. The Kier molecular flexibility index (Phi) is 11.2. The van der Waals surface area contributed by atoms with Crippen LogP contribution in [0.25, 0.3) is 0 Å². The number of piperidine rings is 1. The first-order valence-electron chi connectivity index (χ1n) is 10.2. The summed E-state index contributed by atoms with van der Waals surface area (Å²) in [6.45, 7) is 12.7. The summed E-state index contributed by atoms with van der Waals surface area (Å²) in [5.74, 6) is 0.783. The van der Waals surface area contributed by atoms with Crippen LogP contribution in [0.2, 0.25) is 0 Å². The van der Waals surface area contributed by atoms with Crippen molar-refractivity contribution in [3.63, 3.8) is 0 Å². The van der Waals surface area contributed by atoms with Gasteiger partial charge in [-0.3, -0.25) is 4.99 Å². The number of carbonyl (C=O) groups excluding carboxylic acids is 1. The Morgan fingerprint density at radius 2 is 2.14 bits per heavy atom. The first-order valence-corrected chi connectivity index (χ1v) is 11.0. The Hall–Kier alpha value is -1.10. The molecule has 7 nitrogen and oxygen atoms in total. The lowest BCUT2D eigenvalue weighted by Gasteiger charge is -2.36. The minimum atomic E-state index is -0.479. The molecule has 1 aromatic rings. The fraction of sp³-hybridized carbons (Fsp3) is 0.750. The summed E-state index contributed by atoms with van der Waals surface area (Å²) in [6, 6.07) is 0.0840. The topological polar surface area (TPSA) is 78.9 Å². The summed E-state index contributed by atoms with van der Waals surface area (Å²) in [6.07, 6.45) is 5.65. The number of halogens is 1. The molecule has 9 heteroatoms. The number of aryl methyl sites for hydroxylation is 1. The van der Waals surface area contributed by atoms with Crippen LogP contribution < -0.4 is 10.6 Å². The second-order valence-corrected chi connectivity index (χ2v) is 9.40. The van der Waals surface area contributed by atoms with Crippen molar-refractivity contribution < 1.29 is 9.53 Å². The van der Waals surface area contributed by atoms with Gasteiger partial charge in [0.15, 0.2) is 5.96 Å². The van der Waals surface area contributed by atoms with E-state index in [0.29, 0.717) is 6.54 Å². The van der Waals surface area contributed by atoms with Gasteiger partial charge in [0.1, 0.15) is 5.60 Å². The lowest BCUT2D eigenvalue weighted by Crippen LogP contribution is -2.48. The van der Waals surface area contributed by atoms with Crippen LogP contribution in [0.5, 0.6) is 0 Å². The number of aliphatic imine (C=N–C) groups is 1. The van der Waals surface area contributed by atoms with Crippen molar-refractivity contribution in [1.82, 2.24) is 20.5 Å². The molecule has 0 aliphatic carbocycles. The maximum absolute atomic E-state index is 12.5. The molecule has 0 radical (unpaired) electrons. The van der Waals surface area contributed by atoms with E-state index in [9.17, 15) is 4.79 Å². The Morgan fingerprint density at radius 3 is 2.76 bits per heavy atom. The third-order valence-corrected chi connectivity index (χ3v) is 5.33. The van der Waals surface area contributed by atoms with Crippen molar-refractivity contribution in [2.75, 3.05) is 26.2 Å². The lowest BCUT2D eigenvalue weighted by atomic mass is 10.0. The van der Waals surface area contributed by atoms with Crippen LogP contribution in [-0.2, 0) is 11.2 Å². The number of amides is 1. The van der Waals surface area contributed by atoms with Crippen LogP contribution in [0.15, 0.2) is 11.2 Å². The molecule has 2 N–H and O–H groups in total. The van der Waals surface area contributed by atoms with Crippen LogP contribution >= 0.6 is 35.3 Å². The number of ether oxygens (including phenoxy) is 1. The molecule has 2 rings (SSSR count). The number of carbonyl (C=O) groups is 1. The molecule has 29 heavy (non-hydrogen) atoms. The van der Waals surface area contributed by atoms with Gasteiger partial charge in [-0.2, -0.15) is 0 Å². The van der Waals surface area contributed by atoms with E-state index < -0.39 is 5.60 Å². The molecule has 1 amide bonds. The van der Waals surface area contributed by atoms with Crippen molar-refractivity contribution in [3.8, 4) is 0 Å². The highest BCUT2D eigenvalue weighted by atomic mass is 127. The number of likely N-dealkylation sites (tertiary alicyclic amines) is 1. The molecule has 0 spiro atoms. The van der Waals surface area contributed by atoms with Gasteiger partial charge in [0.25, 0.3) is 0 Å². The average Bonchev–Trinajstić information content (AvgIpc) is 3.03. The Bertz CT molecular complexity index is 660. The van der Waals surface area contributed by atoms with Gasteiger partial charge in [0.05, 0.1) is 17.6 Å². The summed E-state index contributed by atoms with van der Waals surface area (Å²) in [5.41, 5.74) is -0.479. The van der Waals surface area contributed by atoms with Crippen molar-refractivity contribution in [2.24, 2.45) is 4.99 Å². The molecule has 0 aromatic carbocycles. The van der Waals surface area contributed by atoms with E-state index in [0.717, 1.165) is 56.3 Å². The molecule has 1 atom stereocenters. The fourth-order valence-electron chi connectivity index (χ4n) is 3.09. The quantitative estimate of drug-likeness (QED) is 0.327. The number of nitrogens with zero attached hydrogens (tertiary/aromatic N) is 3. The van der Waals surface area contributed by atoms with Crippen molar-refractivity contribution in [2.45, 2.75) is 71.9 Å². The Morgan fingerprint density at radius 1 is 1.38 bits per heavy atom. The van der Waals surface area contributed by atoms with Gasteiger partial charge in [-0.15, -0.1) is 35.3 Å². The predicted molar refractivity (Wildman–Crippen MR) is 131 cm³/mol. The van der Waals surface area contributed by atoms with Gasteiger partial charge >= 0.3 is 6.09 Å². The highest BCUT2D eigenvalue weighted by Crippen LogP contribution is 2.20. The van der Waals surface area contributed by atoms with Crippen LogP contribution in [0.4, 0.5) is 4.79 Å². The van der Waals surface area contributed by atoms with E-state index in [1.165, 1.54) is 4.88 Å². The zero-order valence-corrected chi connectivity index (χ0v) is 21.4. The minimum absolute atomic E-state index is 0. The van der Waals surface area contributed by atoms with Crippen LogP contribution in [-0.4, -0.2) is 59.8 Å². The smallest absolute Gasteiger partial charge is 0.410 e. The fourth-order valence-corrected chi connectivity index (χ4v) is 3.88. The average molecular weight is 538 g/mol. The van der Waals surface area contributed by atoms with Crippen molar-refractivity contribution in [1.29, 1.82) is 0 Å².